The highest BCUT2D eigenvalue weighted by Crippen LogP contribution is 2.27. The van der Waals surface area contributed by atoms with Gasteiger partial charge in [0.2, 0.25) is 0 Å². The number of carbonyl (C=O) groups excluding carboxylic acids is 2. The average Bonchev–Trinajstić information content (AvgIpc) is 2.66. The number of hydrogen-bond donors (Lipinski definition) is 2. The van der Waals surface area contributed by atoms with Gasteiger partial charge < -0.3 is 15.5 Å². The highest BCUT2D eigenvalue weighted by molar-refractivity contribution is 5.96. The van der Waals surface area contributed by atoms with Gasteiger partial charge in [-0.15, -0.1) is 0 Å². The topological polar surface area (TPSA) is 105 Å². The van der Waals surface area contributed by atoms with Crippen LogP contribution >= 0.6 is 0 Å². The van der Waals surface area contributed by atoms with Crippen molar-refractivity contribution in [1.29, 1.82) is 0 Å². The average molecular weight is 388 g/mol. The van der Waals surface area contributed by atoms with Gasteiger partial charge in [0.1, 0.15) is 11.5 Å². The minimum absolute atomic E-state index is 0.113. The van der Waals surface area contributed by atoms with Crippen LogP contribution in [-0.4, -0.2) is 43.9 Å². The fourth-order valence-electron chi connectivity index (χ4n) is 2.48. The summed E-state index contributed by atoms with van der Waals surface area (Å²) in [6.45, 7) is 1.84. The summed E-state index contributed by atoms with van der Waals surface area (Å²) in [6, 6.07) is 8.37. The number of nitro benzene ring substituents is 1. The molecule has 0 bridgehead atoms. The summed E-state index contributed by atoms with van der Waals surface area (Å²) in [5.74, 6) is -1.42. The molecule has 28 heavy (non-hydrogen) atoms. The number of halogens is 1. The maximum atomic E-state index is 13.5. The van der Waals surface area contributed by atoms with Gasteiger partial charge in [-0.05, 0) is 36.8 Å². The molecule has 2 N–H and O–H groups in total. The molecule has 0 radical (unpaired) electrons. The van der Waals surface area contributed by atoms with E-state index in [0.29, 0.717) is 11.3 Å². The smallest absolute Gasteiger partial charge is 0.293 e. The van der Waals surface area contributed by atoms with Crippen molar-refractivity contribution in [3.63, 3.8) is 0 Å². The summed E-state index contributed by atoms with van der Waals surface area (Å²) >= 11 is 0. The normalized spacial score (nSPS) is 10.3. The lowest BCUT2D eigenvalue weighted by Crippen LogP contribution is -2.34. The Morgan fingerprint density at radius 2 is 1.57 bits per heavy atom. The van der Waals surface area contributed by atoms with Crippen LogP contribution in [0.5, 0.6) is 0 Å². The SMILES string of the molecule is Cc1ccc(C(=O)NCCNC(=O)c2ccc(N(C)C)c([N+](=O)[O-])c2)cc1F. The Hall–Kier alpha value is -3.49. The molecule has 8 nitrogen and oxygen atoms in total. The number of anilines is 1. The van der Waals surface area contributed by atoms with Crippen molar-refractivity contribution in [1.82, 2.24) is 10.6 Å². The van der Waals surface area contributed by atoms with Crippen LogP contribution in [0.25, 0.3) is 0 Å². The molecule has 0 aliphatic carbocycles. The summed E-state index contributed by atoms with van der Waals surface area (Å²) in [5.41, 5.74) is 0.984. The molecule has 0 spiro atoms. The summed E-state index contributed by atoms with van der Waals surface area (Å²) in [5, 5.41) is 16.3. The van der Waals surface area contributed by atoms with Gasteiger partial charge in [0, 0.05) is 44.4 Å². The number of nitrogens with one attached hydrogen (secondary N) is 2. The second kappa shape index (κ2) is 8.94. The van der Waals surface area contributed by atoms with E-state index >= 15 is 0 Å². The number of rotatable bonds is 7. The van der Waals surface area contributed by atoms with Crippen LogP contribution in [0, 0.1) is 22.9 Å². The van der Waals surface area contributed by atoms with Gasteiger partial charge in [-0.3, -0.25) is 19.7 Å². The quantitative estimate of drug-likeness (QED) is 0.430. The van der Waals surface area contributed by atoms with E-state index in [2.05, 4.69) is 10.6 Å². The maximum absolute atomic E-state index is 13.5. The zero-order valence-electron chi connectivity index (χ0n) is 15.8. The molecule has 0 atom stereocenters. The van der Waals surface area contributed by atoms with E-state index in [0.717, 1.165) is 6.07 Å². The van der Waals surface area contributed by atoms with Gasteiger partial charge in [0.05, 0.1) is 4.92 Å². The first kappa shape index (κ1) is 20.8. The number of aryl methyl sites for hydroxylation is 1. The number of hydrogen-bond acceptors (Lipinski definition) is 5. The third-order valence-electron chi connectivity index (χ3n) is 4.05. The second-order valence-corrected chi connectivity index (χ2v) is 6.33. The van der Waals surface area contributed by atoms with Gasteiger partial charge in [-0.2, -0.15) is 0 Å². The van der Waals surface area contributed by atoms with E-state index in [1.807, 2.05) is 0 Å². The Kier molecular flexibility index (Phi) is 6.64. The molecule has 0 saturated heterocycles. The Balaban J connectivity index is 1.92. The number of amides is 2. The monoisotopic (exact) mass is 388 g/mol. The van der Waals surface area contributed by atoms with Gasteiger partial charge in [-0.25, -0.2) is 4.39 Å². The van der Waals surface area contributed by atoms with Crippen LogP contribution in [0.1, 0.15) is 26.3 Å². The van der Waals surface area contributed by atoms with Crippen molar-refractivity contribution in [3.05, 3.63) is 69.0 Å². The molecule has 9 heteroatoms. The number of carbonyl (C=O) groups is 2. The molecular weight excluding hydrogens is 367 g/mol. The molecule has 0 heterocycles. The molecule has 0 aliphatic rings. The van der Waals surface area contributed by atoms with Gasteiger partial charge in [-0.1, -0.05) is 6.07 Å². The Morgan fingerprint density at radius 3 is 2.07 bits per heavy atom. The van der Waals surface area contributed by atoms with E-state index in [1.165, 1.54) is 30.3 Å². The molecule has 0 fully saturated rings. The summed E-state index contributed by atoms with van der Waals surface area (Å²) in [4.78, 5) is 36.4. The lowest BCUT2D eigenvalue weighted by Gasteiger charge is -2.13. The van der Waals surface area contributed by atoms with Gasteiger partial charge >= 0.3 is 0 Å². The highest BCUT2D eigenvalue weighted by Gasteiger charge is 2.18. The minimum Gasteiger partial charge on any atom is -0.372 e. The van der Waals surface area contributed by atoms with Gasteiger partial charge in [0.25, 0.3) is 17.5 Å². The first-order valence-corrected chi connectivity index (χ1v) is 8.49. The molecule has 0 aliphatic heterocycles. The van der Waals surface area contributed by atoms with Crippen LogP contribution < -0.4 is 15.5 Å². The van der Waals surface area contributed by atoms with Crippen LogP contribution in [-0.2, 0) is 0 Å². The zero-order valence-corrected chi connectivity index (χ0v) is 15.8. The van der Waals surface area contributed by atoms with E-state index in [-0.39, 0.29) is 29.9 Å². The number of nitro groups is 1. The lowest BCUT2D eigenvalue weighted by atomic mass is 10.1. The minimum atomic E-state index is -0.549. The third kappa shape index (κ3) is 5.03. The number of benzene rings is 2. The number of nitrogens with zero attached hydrogens (tertiary/aromatic N) is 2. The van der Waals surface area contributed by atoms with Crippen molar-refractivity contribution in [2.45, 2.75) is 6.92 Å². The molecular formula is C19H21FN4O4. The Morgan fingerprint density at radius 1 is 1.04 bits per heavy atom. The fourth-order valence-corrected chi connectivity index (χ4v) is 2.48. The standard InChI is InChI=1S/C19H21FN4O4/c1-12-4-5-13(10-15(12)20)18(25)21-8-9-22-19(26)14-6-7-16(23(2)3)17(11-14)24(27)28/h4-7,10-11H,8-9H2,1-3H3,(H,21,25)(H,22,26). The molecule has 2 amide bonds. The van der Waals surface area contributed by atoms with Crippen LogP contribution in [0.15, 0.2) is 36.4 Å². The summed E-state index contributed by atoms with van der Waals surface area (Å²) in [6.07, 6.45) is 0. The predicted octanol–water partition coefficient (Wildman–Crippen LogP) is 2.27. The van der Waals surface area contributed by atoms with E-state index < -0.39 is 22.6 Å². The summed E-state index contributed by atoms with van der Waals surface area (Å²) in [7, 11) is 3.34. The van der Waals surface area contributed by atoms with Crippen LogP contribution in [0.2, 0.25) is 0 Å². The molecule has 2 aromatic rings. The van der Waals surface area contributed by atoms with Crippen molar-refractivity contribution < 1.29 is 18.9 Å². The van der Waals surface area contributed by atoms with Crippen molar-refractivity contribution in [2.24, 2.45) is 0 Å². The largest absolute Gasteiger partial charge is 0.372 e. The fraction of sp³-hybridized carbons (Fsp3) is 0.263. The molecule has 0 saturated carbocycles. The van der Waals surface area contributed by atoms with Gasteiger partial charge in [0.15, 0.2) is 0 Å². The zero-order chi connectivity index (χ0) is 20.8. The van der Waals surface area contributed by atoms with E-state index in [9.17, 15) is 24.1 Å². The highest BCUT2D eigenvalue weighted by atomic mass is 19.1. The Labute approximate surface area is 161 Å². The van der Waals surface area contributed by atoms with Crippen molar-refractivity contribution in [3.8, 4) is 0 Å². The molecule has 0 aromatic heterocycles. The molecule has 148 valence electrons. The molecule has 2 aromatic carbocycles. The third-order valence-corrected chi connectivity index (χ3v) is 4.05. The maximum Gasteiger partial charge on any atom is 0.293 e. The molecule has 0 unspecified atom stereocenters. The van der Waals surface area contributed by atoms with Crippen molar-refractivity contribution >= 4 is 23.2 Å². The second-order valence-electron chi connectivity index (χ2n) is 6.33. The lowest BCUT2D eigenvalue weighted by molar-refractivity contribution is -0.384. The van der Waals surface area contributed by atoms with Crippen molar-refractivity contribution in [2.75, 3.05) is 32.1 Å². The van der Waals surface area contributed by atoms with Crippen LogP contribution in [0.3, 0.4) is 0 Å². The Bertz CT molecular complexity index is 915. The van der Waals surface area contributed by atoms with Crippen LogP contribution in [0.4, 0.5) is 15.8 Å². The molecule has 2 rings (SSSR count). The first-order chi connectivity index (χ1) is 13.2. The first-order valence-electron chi connectivity index (χ1n) is 8.49. The van der Waals surface area contributed by atoms with E-state index in [1.54, 1.807) is 25.9 Å². The van der Waals surface area contributed by atoms with E-state index in [4.69, 9.17) is 0 Å². The predicted molar refractivity (Wildman–Crippen MR) is 103 cm³/mol. The summed E-state index contributed by atoms with van der Waals surface area (Å²) < 4.78 is 13.5.